The molecule has 1 amide bonds. The van der Waals surface area contributed by atoms with Gasteiger partial charge in [0.1, 0.15) is 5.76 Å². The molecule has 2 rings (SSSR count). The third-order valence-corrected chi connectivity index (χ3v) is 3.41. The van der Waals surface area contributed by atoms with E-state index in [9.17, 15) is 4.79 Å². The Morgan fingerprint density at radius 3 is 2.90 bits per heavy atom. The second-order valence-electron chi connectivity index (χ2n) is 5.48. The molecule has 5 nitrogen and oxygen atoms in total. The van der Waals surface area contributed by atoms with Crippen molar-refractivity contribution in [2.45, 2.75) is 32.7 Å². The fraction of sp³-hybridized carbons (Fsp3) is 0.429. The van der Waals surface area contributed by atoms with E-state index in [-0.39, 0.29) is 12.3 Å². The predicted octanol–water partition coefficient (Wildman–Crippen LogP) is 2.11. The van der Waals surface area contributed by atoms with E-state index in [0.717, 1.165) is 5.56 Å². The maximum absolute atomic E-state index is 11.9. The summed E-state index contributed by atoms with van der Waals surface area (Å²) in [6, 6.07) is 1.94. The summed E-state index contributed by atoms with van der Waals surface area (Å²) in [6.07, 6.45) is 0.204. The largest absolute Gasteiger partial charge is 0.441 e. The molecule has 0 fully saturated rings. The van der Waals surface area contributed by atoms with Crippen LogP contribution in [0.4, 0.5) is 0 Å². The van der Waals surface area contributed by atoms with Gasteiger partial charge >= 0.3 is 0 Å². The van der Waals surface area contributed by atoms with E-state index in [1.807, 2.05) is 37.6 Å². The van der Waals surface area contributed by atoms with E-state index in [2.05, 4.69) is 10.3 Å². The molecule has 0 radical (unpaired) electrons. The molecule has 0 aliphatic rings. The van der Waals surface area contributed by atoms with Crippen molar-refractivity contribution in [1.29, 1.82) is 0 Å². The SMILES string of the molecule is Cc1oc(-c2ccsc2)nc1CC(=O)NCC(C)(C)N. The number of nitrogens with zero attached hydrogens (tertiary/aromatic N) is 1. The molecule has 2 heterocycles. The van der Waals surface area contributed by atoms with Crippen LogP contribution in [0.3, 0.4) is 0 Å². The van der Waals surface area contributed by atoms with Crippen LogP contribution in [0.1, 0.15) is 25.3 Å². The number of amides is 1. The van der Waals surface area contributed by atoms with Gasteiger partial charge in [-0.3, -0.25) is 4.79 Å². The molecular formula is C14H19N3O2S. The zero-order valence-corrected chi connectivity index (χ0v) is 12.7. The van der Waals surface area contributed by atoms with Crippen LogP contribution in [0.25, 0.3) is 11.5 Å². The molecule has 2 aromatic rings. The zero-order valence-electron chi connectivity index (χ0n) is 11.9. The highest BCUT2D eigenvalue weighted by atomic mass is 32.1. The second kappa shape index (κ2) is 5.76. The van der Waals surface area contributed by atoms with Crippen molar-refractivity contribution < 1.29 is 9.21 Å². The third kappa shape index (κ3) is 3.91. The van der Waals surface area contributed by atoms with Crippen LogP contribution in [0.15, 0.2) is 21.2 Å². The van der Waals surface area contributed by atoms with E-state index < -0.39 is 5.54 Å². The average molecular weight is 293 g/mol. The molecule has 0 saturated carbocycles. The van der Waals surface area contributed by atoms with Crippen molar-refractivity contribution in [3.8, 4) is 11.5 Å². The van der Waals surface area contributed by atoms with Gasteiger partial charge in [0.15, 0.2) is 0 Å². The normalized spacial score (nSPS) is 11.6. The number of nitrogens with one attached hydrogen (secondary N) is 1. The van der Waals surface area contributed by atoms with E-state index in [1.165, 1.54) is 0 Å². The molecule has 0 bridgehead atoms. The van der Waals surface area contributed by atoms with Crippen LogP contribution < -0.4 is 11.1 Å². The van der Waals surface area contributed by atoms with Crippen molar-refractivity contribution in [2.24, 2.45) is 5.73 Å². The lowest BCUT2D eigenvalue weighted by Gasteiger charge is -2.18. The lowest BCUT2D eigenvalue weighted by Crippen LogP contribution is -2.45. The van der Waals surface area contributed by atoms with Crippen LogP contribution in [-0.2, 0) is 11.2 Å². The first-order valence-corrected chi connectivity index (χ1v) is 7.34. The Bertz CT molecular complexity index is 582. The Morgan fingerprint density at radius 1 is 1.55 bits per heavy atom. The number of aromatic nitrogens is 1. The van der Waals surface area contributed by atoms with Gasteiger partial charge in [0.05, 0.1) is 12.1 Å². The van der Waals surface area contributed by atoms with Crippen LogP contribution in [0.2, 0.25) is 0 Å². The van der Waals surface area contributed by atoms with Gasteiger partial charge in [-0.05, 0) is 32.2 Å². The average Bonchev–Trinajstić information content (AvgIpc) is 2.96. The Kier molecular flexibility index (Phi) is 4.25. The fourth-order valence-electron chi connectivity index (χ4n) is 1.64. The minimum Gasteiger partial charge on any atom is -0.441 e. The summed E-state index contributed by atoms with van der Waals surface area (Å²) in [5.74, 6) is 1.14. The standard InChI is InChI=1S/C14H19N3O2S/c1-9-11(6-12(18)16-8-14(2,3)15)17-13(19-9)10-4-5-20-7-10/h4-5,7H,6,8,15H2,1-3H3,(H,16,18). The molecule has 20 heavy (non-hydrogen) atoms. The molecule has 3 N–H and O–H groups in total. The quantitative estimate of drug-likeness (QED) is 0.884. The van der Waals surface area contributed by atoms with Crippen LogP contribution in [-0.4, -0.2) is 23.0 Å². The molecule has 0 aliphatic carbocycles. The van der Waals surface area contributed by atoms with Crippen molar-refractivity contribution in [3.05, 3.63) is 28.3 Å². The Balaban J connectivity index is 2.01. The molecule has 6 heteroatoms. The highest BCUT2D eigenvalue weighted by Gasteiger charge is 2.17. The van der Waals surface area contributed by atoms with Gasteiger partial charge in [-0.25, -0.2) is 4.98 Å². The third-order valence-electron chi connectivity index (χ3n) is 2.73. The minimum atomic E-state index is -0.420. The number of oxazole rings is 1. The number of carbonyl (C=O) groups excluding carboxylic acids is 1. The summed E-state index contributed by atoms with van der Waals surface area (Å²) in [7, 11) is 0. The van der Waals surface area contributed by atoms with Crippen molar-refractivity contribution in [2.75, 3.05) is 6.54 Å². The fourth-order valence-corrected chi connectivity index (χ4v) is 2.27. The molecule has 0 aromatic carbocycles. The van der Waals surface area contributed by atoms with Gasteiger partial charge in [-0.1, -0.05) is 0 Å². The highest BCUT2D eigenvalue weighted by molar-refractivity contribution is 7.08. The number of hydrogen-bond acceptors (Lipinski definition) is 5. The van der Waals surface area contributed by atoms with Gasteiger partial charge < -0.3 is 15.5 Å². The highest BCUT2D eigenvalue weighted by Crippen LogP contribution is 2.23. The number of carbonyl (C=O) groups is 1. The van der Waals surface area contributed by atoms with Crippen molar-refractivity contribution in [1.82, 2.24) is 10.3 Å². The van der Waals surface area contributed by atoms with Gasteiger partial charge in [-0.2, -0.15) is 11.3 Å². The Labute approximate surface area is 122 Å². The molecule has 2 aromatic heterocycles. The summed E-state index contributed by atoms with van der Waals surface area (Å²) < 4.78 is 5.60. The number of thiophene rings is 1. The maximum atomic E-state index is 11.9. The number of nitrogens with two attached hydrogens (primary N) is 1. The number of hydrogen-bond donors (Lipinski definition) is 2. The van der Waals surface area contributed by atoms with Crippen LogP contribution >= 0.6 is 11.3 Å². The predicted molar refractivity (Wildman–Crippen MR) is 79.5 cm³/mol. The summed E-state index contributed by atoms with van der Waals surface area (Å²) in [5, 5.41) is 6.73. The van der Waals surface area contributed by atoms with Crippen molar-refractivity contribution in [3.63, 3.8) is 0 Å². The van der Waals surface area contributed by atoms with Crippen LogP contribution in [0, 0.1) is 6.92 Å². The summed E-state index contributed by atoms with van der Waals surface area (Å²) in [6.45, 7) is 5.98. The van der Waals surface area contributed by atoms with Gasteiger partial charge in [0.25, 0.3) is 0 Å². The monoisotopic (exact) mass is 293 g/mol. The van der Waals surface area contributed by atoms with Crippen molar-refractivity contribution >= 4 is 17.2 Å². The van der Waals surface area contributed by atoms with Gasteiger partial charge in [-0.15, -0.1) is 0 Å². The lowest BCUT2D eigenvalue weighted by molar-refractivity contribution is -0.120. The molecule has 108 valence electrons. The Hall–Kier alpha value is -1.66. The topological polar surface area (TPSA) is 81.2 Å². The molecule has 0 spiro atoms. The van der Waals surface area contributed by atoms with E-state index in [4.69, 9.17) is 10.2 Å². The first-order chi connectivity index (χ1) is 9.35. The van der Waals surface area contributed by atoms with Gasteiger partial charge in [0.2, 0.25) is 11.8 Å². The summed E-state index contributed by atoms with van der Waals surface area (Å²) in [5.41, 5.74) is 7.01. The smallest absolute Gasteiger partial charge is 0.227 e. The second-order valence-corrected chi connectivity index (χ2v) is 6.26. The van der Waals surface area contributed by atoms with Crippen LogP contribution in [0.5, 0.6) is 0 Å². The van der Waals surface area contributed by atoms with E-state index >= 15 is 0 Å². The number of rotatable bonds is 5. The van der Waals surface area contributed by atoms with Gasteiger partial charge in [0, 0.05) is 23.0 Å². The molecule has 0 unspecified atom stereocenters. The number of aryl methyl sites for hydroxylation is 1. The lowest BCUT2D eigenvalue weighted by atomic mass is 10.1. The molecular weight excluding hydrogens is 274 g/mol. The first-order valence-electron chi connectivity index (χ1n) is 6.39. The summed E-state index contributed by atoms with van der Waals surface area (Å²) in [4.78, 5) is 16.2. The minimum absolute atomic E-state index is 0.100. The molecule has 0 atom stereocenters. The summed E-state index contributed by atoms with van der Waals surface area (Å²) >= 11 is 1.58. The molecule has 0 saturated heterocycles. The van der Waals surface area contributed by atoms with E-state index in [1.54, 1.807) is 11.3 Å². The zero-order chi connectivity index (χ0) is 14.8. The first kappa shape index (κ1) is 14.7. The maximum Gasteiger partial charge on any atom is 0.227 e. The Morgan fingerprint density at radius 2 is 2.30 bits per heavy atom. The molecule has 0 aliphatic heterocycles. The van der Waals surface area contributed by atoms with E-state index in [0.29, 0.717) is 23.9 Å².